The molecule has 0 aliphatic carbocycles. The Labute approximate surface area is 53.3 Å². The first-order valence-electron chi connectivity index (χ1n) is 2.80. The average Bonchev–Trinajstić information content (AvgIpc) is 1.98. The first kappa shape index (κ1) is 6.91. The van der Waals surface area contributed by atoms with Crippen LogP contribution in [-0.4, -0.2) is 24.5 Å². The van der Waals surface area contributed by atoms with E-state index < -0.39 is 12.5 Å². The monoisotopic (exact) mass is 132 g/mol. The van der Waals surface area contributed by atoms with Crippen molar-refractivity contribution in [1.29, 1.82) is 0 Å². The van der Waals surface area contributed by atoms with E-state index in [2.05, 4.69) is 0 Å². The van der Waals surface area contributed by atoms with Gasteiger partial charge in [0.2, 0.25) is 0 Å². The van der Waals surface area contributed by atoms with Gasteiger partial charge < -0.3 is 27.7 Å². The summed E-state index contributed by atoms with van der Waals surface area (Å²) in [5, 5.41) is 0. The highest BCUT2D eigenvalue weighted by Crippen LogP contribution is 2.09. The third-order valence-electron chi connectivity index (χ3n) is 1.52. The van der Waals surface area contributed by atoms with Gasteiger partial charge in [0.1, 0.15) is 12.5 Å². The summed E-state index contributed by atoms with van der Waals surface area (Å²) in [5.74, 6) is 0. The molecule has 0 spiro atoms. The molecular weight excluding hydrogens is 120 g/mol. The smallest absolute Gasteiger partial charge is 0.124 e. The Hall–Kier alpha value is -0.200. The fourth-order valence-corrected chi connectivity index (χ4v) is 0.801. The van der Waals surface area contributed by atoms with Gasteiger partial charge in [0, 0.05) is 0 Å². The number of nitrogens with two attached hydrogens (primary N) is 4. The van der Waals surface area contributed by atoms with Crippen LogP contribution in [0.2, 0.25) is 0 Å². The second-order valence-corrected chi connectivity index (χ2v) is 2.22. The fourth-order valence-electron chi connectivity index (χ4n) is 0.801. The van der Waals surface area contributed by atoms with Crippen LogP contribution in [0.1, 0.15) is 0 Å². The van der Waals surface area contributed by atoms with Crippen LogP contribution in [0.25, 0.3) is 0 Å². The largest absolute Gasteiger partial charge is 0.342 e. The maximum absolute atomic E-state index is 5.46. The van der Waals surface area contributed by atoms with Crippen molar-refractivity contribution in [2.75, 3.05) is 0 Å². The fraction of sp³-hybridized carbons (Fsp3) is 1.00. The zero-order valence-electron chi connectivity index (χ0n) is 5.03. The first-order chi connectivity index (χ1) is 4.13. The Kier molecular flexibility index (Phi) is 1.69. The van der Waals surface area contributed by atoms with Crippen LogP contribution >= 0.6 is 0 Å². The van der Waals surface area contributed by atoms with Crippen LogP contribution in [-0.2, 0) is 4.74 Å². The summed E-state index contributed by atoms with van der Waals surface area (Å²) in [6, 6.07) is -0.667. The molecule has 0 aromatic carbocycles. The molecule has 54 valence electrons. The lowest BCUT2D eigenvalue weighted by Gasteiger charge is -2.10. The molecule has 0 saturated carbocycles. The van der Waals surface area contributed by atoms with E-state index in [-0.39, 0.29) is 12.1 Å². The molecule has 1 rings (SSSR count). The minimum absolute atomic E-state index is 0.333. The Balaban J connectivity index is 2.54. The second kappa shape index (κ2) is 2.20. The standard InChI is InChI=1S/C4H12N4O/c5-1-2(6)4(8)9-3(1)7/h1-4H,5-8H2. The van der Waals surface area contributed by atoms with Gasteiger partial charge in [-0.25, -0.2) is 0 Å². The van der Waals surface area contributed by atoms with Crippen LogP contribution in [0.5, 0.6) is 0 Å². The number of hydrogen-bond donors (Lipinski definition) is 4. The van der Waals surface area contributed by atoms with Crippen molar-refractivity contribution in [2.45, 2.75) is 24.5 Å². The molecule has 0 radical (unpaired) electrons. The summed E-state index contributed by atoms with van der Waals surface area (Å²) in [7, 11) is 0. The zero-order chi connectivity index (χ0) is 7.02. The van der Waals surface area contributed by atoms with Gasteiger partial charge in [-0.3, -0.25) is 0 Å². The normalized spacial score (nSPS) is 52.0. The van der Waals surface area contributed by atoms with E-state index in [1.165, 1.54) is 0 Å². The van der Waals surface area contributed by atoms with Crippen molar-refractivity contribution in [2.24, 2.45) is 22.9 Å². The molecular formula is C4H12N4O. The van der Waals surface area contributed by atoms with Gasteiger partial charge in [-0.15, -0.1) is 0 Å². The molecule has 1 aliphatic heterocycles. The molecule has 0 amide bonds. The zero-order valence-corrected chi connectivity index (χ0v) is 5.03. The molecule has 1 heterocycles. The Morgan fingerprint density at radius 3 is 1.22 bits per heavy atom. The molecule has 0 aromatic heterocycles. The van der Waals surface area contributed by atoms with Gasteiger partial charge in [-0.1, -0.05) is 0 Å². The Morgan fingerprint density at radius 1 is 0.778 bits per heavy atom. The second-order valence-electron chi connectivity index (χ2n) is 2.22. The van der Waals surface area contributed by atoms with Crippen molar-refractivity contribution in [1.82, 2.24) is 0 Å². The summed E-state index contributed by atoms with van der Waals surface area (Å²) in [6.07, 6.45) is -1.01. The molecule has 8 N–H and O–H groups in total. The van der Waals surface area contributed by atoms with Crippen LogP contribution in [0.4, 0.5) is 0 Å². The van der Waals surface area contributed by atoms with Crippen molar-refractivity contribution in [3.63, 3.8) is 0 Å². The van der Waals surface area contributed by atoms with E-state index in [4.69, 9.17) is 27.7 Å². The van der Waals surface area contributed by atoms with Crippen LogP contribution < -0.4 is 22.9 Å². The molecule has 9 heavy (non-hydrogen) atoms. The van der Waals surface area contributed by atoms with Crippen molar-refractivity contribution in [3.05, 3.63) is 0 Å². The lowest BCUT2D eigenvalue weighted by Crippen LogP contribution is -2.50. The van der Waals surface area contributed by atoms with Gasteiger partial charge in [0.25, 0.3) is 0 Å². The molecule has 0 bridgehead atoms. The Bertz CT molecular complexity index is 96.7. The molecule has 4 unspecified atom stereocenters. The number of hydrogen-bond acceptors (Lipinski definition) is 5. The highest BCUT2D eigenvalue weighted by molar-refractivity contribution is 4.90. The van der Waals surface area contributed by atoms with Gasteiger partial charge in [0.05, 0.1) is 12.1 Å². The van der Waals surface area contributed by atoms with Crippen LogP contribution in [0.3, 0.4) is 0 Å². The average molecular weight is 132 g/mol. The summed E-state index contributed by atoms with van der Waals surface area (Å²) in [6.45, 7) is 0. The predicted molar refractivity (Wildman–Crippen MR) is 33.0 cm³/mol. The molecule has 1 aliphatic rings. The summed E-state index contributed by atoms with van der Waals surface area (Å²) < 4.78 is 4.89. The van der Waals surface area contributed by atoms with Crippen LogP contribution in [0.15, 0.2) is 0 Å². The highest BCUT2D eigenvalue weighted by Gasteiger charge is 2.35. The predicted octanol–water partition coefficient (Wildman–Crippen LogP) is -2.76. The van der Waals surface area contributed by atoms with E-state index in [9.17, 15) is 0 Å². The lowest BCUT2D eigenvalue weighted by atomic mass is 10.1. The third kappa shape index (κ3) is 1.05. The molecule has 5 heteroatoms. The van der Waals surface area contributed by atoms with E-state index in [1.54, 1.807) is 0 Å². The van der Waals surface area contributed by atoms with Gasteiger partial charge >= 0.3 is 0 Å². The van der Waals surface area contributed by atoms with Crippen molar-refractivity contribution in [3.8, 4) is 0 Å². The summed E-state index contributed by atoms with van der Waals surface area (Å²) in [4.78, 5) is 0. The maximum atomic E-state index is 5.46. The van der Waals surface area contributed by atoms with E-state index in [0.717, 1.165) is 0 Å². The number of ether oxygens (including phenoxy) is 1. The maximum Gasteiger partial charge on any atom is 0.124 e. The van der Waals surface area contributed by atoms with Gasteiger partial charge in [0.15, 0.2) is 0 Å². The molecule has 0 aromatic rings. The van der Waals surface area contributed by atoms with Crippen LogP contribution in [0, 0.1) is 0 Å². The lowest BCUT2D eigenvalue weighted by molar-refractivity contribution is 0.0468. The topological polar surface area (TPSA) is 113 Å². The quantitative estimate of drug-likeness (QED) is 0.285. The van der Waals surface area contributed by atoms with Crippen molar-refractivity contribution >= 4 is 0 Å². The highest BCUT2D eigenvalue weighted by atomic mass is 16.5. The molecule has 5 nitrogen and oxygen atoms in total. The SMILES string of the molecule is NC1OC(N)C(N)C1N. The summed E-state index contributed by atoms with van der Waals surface area (Å²) in [5.41, 5.74) is 21.6. The van der Waals surface area contributed by atoms with Crippen molar-refractivity contribution < 1.29 is 4.74 Å². The third-order valence-corrected chi connectivity index (χ3v) is 1.52. The Morgan fingerprint density at radius 2 is 1.11 bits per heavy atom. The molecule has 4 atom stereocenters. The molecule has 1 fully saturated rings. The van der Waals surface area contributed by atoms with Gasteiger partial charge in [-0.05, 0) is 0 Å². The molecule has 1 saturated heterocycles. The number of rotatable bonds is 0. The minimum Gasteiger partial charge on any atom is -0.342 e. The van der Waals surface area contributed by atoms with E-state index in [1.807, 2.05) is 0 Å². The van der Waals surface area contributed by atoms with Gasteiger partial charge in [-0.2, -0.15) is 0 Å². The first-order valence-corrected chi connectivity index (χ1v) is 2.80. The van der Waals surface area contributed by atoms with E-state index in [0.29, 0.717) is 0 Å². The van der Waals surface area contributed by atoms with E-state index >= 15 is 0 Å². The summed E-state index contributed by atoms with van der Waals surface area (Å²) >= 11 is 0. The minimum atomic E-state index is -0.505.